The minimum atomic E-state index is -0.318. The zero-order valence-electron chi connectivity index (χ0n) is 21.2. The third-order valence-corrected chi connectivity index (χ3v) is 5.37. The summed E-state index contributed by atoms with van der Waals surface area (Å²) in [6.45, 7) is 7.49. The van der Waals surface area contributed by atoms with E-state index in [-0.39, 0.29) is 5.97 Å². The van der Waals surface area contributed by atoms with Gasteiger partial charge in [-0.15, -0.1) is 0 Å². The van der Waals surface area contributed by atoms with Gasteiger partial charge in [0.2, 0.25) is 0 Å². The molecule has 2 rings (SSSR count). The number of benzene rings is 2. The first-order chi connectivity index (χ1) is 16.6. The fourth-order valence-corrected chi connectivity index (χ4v) is 3.36. The van der Waals surface area contributed by atoms with E-state index >= 15 is 0 Å². The first-order valence-electron chi connectivity index (χ1n) is 12.8. The molecule has 0 radical (unpaired) electrons. The summed E-state index contributed by atoms with van der Waals surface area (Å²) in [5.74, 6) is 0.919. The highest BCUT2D eigenvalue weighted by Gasteiger charge is 2.00. The summed E-state index contributed by atoms with van der Waals surface area (Å²) >= 11 is 0. The molecule has 0 saturated carbocycles. The number of aliphatic imine (C=N–C) groups is 1. The van der Waals surface area contributed by atoms with Crippen molar-refractivity contribution >= 4 is 23.9 Å². The van der Waals surface area contributed by atoms with E-state index in [0.717, 1.165) is 35.6 Å². The van der Waals surface area contributed by atoms with Gasteiger partial charge in [-0.25, -0.2) is 4.79 Å². The number of hydrogen-bond acceptors (Lipinski definition) is 4. The molecule has 0 bridgehead atoms. The van der Waals surface area contributed by atoms with Gasteiger partial charge in [0.1, 0.15) is 5.75 Å². The Labute approximate surface area is 206 Å². The van der Waals surface area contributed by atoms with Crippen LogP contribution in [0, 0.1) is 5.92 Å². The molecule has 0 heterocycles. The van der Waals surface area contributed by atoms with Crippen molar-refractivity contribution in [2.75, 3.05) is 13.2 Å². The third kappa shape index (κ3) is 12.4. The van der Waals surface area contributed by atoms with Gasteiger partial charge in [-0.1, -0.05) is 77.8 Å². The Morgan fingerprint density at radius 3 is 2.12 bits per heavy atom. The van der Waals surface area contributed by atoms with Crippen LogP contribution in [0.3, 0.4) is 0 Å². The Bertz CT molecular complexity index is 867. The molecule has 0 amide bonds. The van der Waals surface area contributed by atoms with E-state index < -0.39 is 0 Å². The van der Waals surface area contributed by atoms with E-state index in [0.29, 0.717) is 12.5 Å². The van der Waals surface area contributed by atoms with Crippen LogP contribution >= 0.6 is 0 Å². The van der Waals surface area contributed by atoms with Gasteiger partial charge in [0, 0.05) is 12.3 Å². The minimum absolute atomic E-state index is 0.318. The second-order valence-corrected chi connectivity index (χ2v) is 9.10. The van der Waals surface area contributed by atoms with Gasteiger partial charge >= 0.3 is 5.97 Å². The van der Waals surface area contributed by atoms with Gasteiger partial charge in [0.05, 0.1) is 18.9 Å². The highest BCUT2D eigenvalue weighted by molar-refractivity contribution is 5.87. The first-order valence-corrected chi connectivity index (χ1v) is 12.8. The van der Waals surface area contributed by atoms with E-state index in [2.05, 4.69) is 11.9 Å². The second-order valence-electron chi connectivity index (χ2n) is 9.10. The van der Waals surface area contributed by atoms with Crippen molar-refractivity contribution in [2.24, 2.45) is 10.9 Å². The smallest absolute Gasteiger partial charge is 0.330 e. The first kappa shape index (κ1) is 27.4. The quantitative estimate of drug-likeness (QED) is 0.109. The van der Waals surface area contributed by atoms with E-state index in [1.807, 2.05) is 68.6 Å². The molecule has 0 aromatic heterocycles. The lowest BCUT2D eigenvalue weighted by atomic mass is 10.1. The number of carbonyl (C=O) groups is 1. The van der Waals surface area contributed by atoms with E-state index in [1.165, 1.54) is 51.0 Å². The molecule has 0 aliphatic heterocycles. The van der Waals surface area contributed by atoms with Crippen molar-refractivity contribution in [2.45, 2.75) is 72.1 Å². The fourth-order valence-electron chi connectivity index (χ4n) is 3.36. The van der Waals surface area contributed by atoms with Gasteiger partial charge < -0.3 is 9.47 Å². The summed E-state index contributed by atoms with van der Waals surface area (Å²) in [5, 5.41) is 0. The molecule has 2 aromatic carbocycles. The molecule has 0 aliphatic carbocycles. The summed E-state index contributed by atoms with van der Waals surface area (Å²) in [4.78, 5) is 16.2. The Morgan fingerprint density at radius 1 is 0.853 bits per heavy atom. The Morgan fingerprint density at radius 2 is 1.47 bits per heavy atom. The molecule has 2 aromatic rings. The second kappa shape index (κ2) is 16.7. The number of esters is 1. The number of unbranched alkanes of at least 4 members (excludes halogenated alkanes) is 7. The molecular formula is C30H41NO3. The maximum atomic E-state index is 11.7. The number of nitrogens with zero attached hydrogens (tertiary/aromatic N) is 1. The standard InChI is InChI=1S/C30H41NO3/c1-4-5-6-7-8-9-10-11-22-33-29-19-14-27(15-20-29)23-31-28-17-12-26(13-18-28)16-21-30(32)34-24-25(2)3/h12-21,23,25H,4-11,22,24H2,1-3H3. The summed E-state index contributed by atoms with van der Waals surface area (Å²) in [7, 11) is 0. The van der Waals surface area contributed by atoms with E-state index in [9.17, 15) is 4.79 Å². The van der Waals surface area contributed by atoms with Crippen molar-refractivity contribution < 1.29 is 14.3 Å². The molecular weight excluding hydrogens is 422 g/mol. The highest BCUT2D eigenvalue weighted by Crippen LogP contribution is 2.16. The van der Waals surface area contributed by atoms with Crippen LogP contribution in [-0.2, 0) is 9.53 Å². The molecule has 0 unspecified atom stereocenters. The number of carbonyl (C=O) groups excluding carboxylic acids is 1. The van der Waals surface area contributed by atoms with Crippen LogP contribution < -0.4 is 4.74 Å². The summed E-state index contributed by atoms with van der Waals surface area (Å²) in [5.41, 5.74) is 2.81. The van der Waals surface area contributed by atoms with Gasteiger partial charge in [-0.2, -0.15) is 0 Å². The van der Waals surface area contributed by atoms with Crippen LogP contribution in [0.5, 0.6) is 5.75 Å². The summed E-state index contributed by atoms with van der Waals surface area (Å²) < 4.78 is 11.0. The maximum absolute atomic E-state index is 11.7. The molecule has 4 nitrogen and oxygen atoms in total. The predicted octanol–water partition coefficient (Wildman–Crippen LogP) is 8.17. The largest absolute Gasteiger partial charge is 0.494 e. The SMILES string of the molecule is CCCCCCCCCCOc1ccc(C=Nc2ccc(C=CC(=O)OCC(C)C)cc2)cc1. The van der Waals surface area contributed by atoms with Crippen LogP contribution in [0.1, 0.15) is 83.3 Å². The lowest BCUT2D eigenvalue weighted by molar-refractivity contribution is -0.138. The van der Waals surface area contributed by atoms with Gasteiger partial charge in [-0.3, -0.25) is 4.99 Å². The molecule has 0 N–H and O–H groups in total. The zero-order chi connectivity index (χ0) is 24.4. The highest BCUT2D eigenvalue weighted by atomic mass is 16.5. The van der Waals surface area contributed by atoms with Crippen molar-refractivity contribution in [3.8, 4) is 5.75 Å². The summed E-state index contributed by atoms with van der Waals surface area (Å²) in [6, 6.07) is 15.8. The van der Waals surface area contributed by atoms with Crippen LogP contribution in [0.15, 0.2) is 59.6 Å². The van der Waals surface area contributed by atoms with Gasteiger partial charge in [-0.05, 0) is 65.9 Å². The molecule has 0 spiro atoms. The van der Waals surface area contributed by atoms with Crippen LogP contribution in [0.2, 0.25) is 0 Å². The molecule has 0 saturated heterocycles. The molecule has 0 fully saturated rings. The Hall–Kier alpha value is -2.88. The van der Waals surface area contributed by atoms with E-state index in [1.54, 1.807) is 6.08 Å². The zero-order valence-corrected chi connectivity index (χ0v) is 21.2. The third-order valence-electron chi connectivity index (χ3n) is 5.37. The lowest BCUT2D eigenvalue weighted by Gasteiger charge is -2.06. The number of hydrogen-bond donors (Lipinski definition) is 0. The Kier molecular flexibility index (Phi) is 13.4. The normalized spacial score (nSPS) is 11.5. The van der Waals surface area contributed by atoms with Crippen LogP contribution in [-0.4, -0.2) is 25.4 Å². The fraction of sp³-hybridized carbons (Fsp3) is 0.467. The van der Waals surface area contributed by atoms with Crippen molar-refractivity contribution in [1.82, 2.24) is 0 Å². The predicted molar refractivity (Wildman–Crippen MR) is 143 cm³/mol. The molecule has 0 atom stereocenters. The average molecular weight is 464 g/mol. The Balaban J connectivity index is 1.69. The minimum Gasteiger partial charge on any atom is -0.494 e. The van der Waals surface area contributed by atoms with Crippen molar-refractivity contribution in [3.63, 3.8) is 0 Å². The summed E-state index contributed by atoms with van der Waals surface area (Å²) in [6.07, 6.45) is 15.5. The topological polar surface area (TPSA) is 47.9 Å². The monoisotopic (exact) mass is 463 g/mol. The van der Waals surface area contributed by atoms with E-state index in [4.69, 9.17) is 9.47 Å². The molecule has 184 valence electrons. The van der Waals surface area contributed by atoms with Crippen LogP contribution in [0.25, 0.3) is 6.08 Å². The maximum Gasteiger partial charge on any atom is 0.330 e. The lowest BCUT2D eigenvalue weighted by Crippen LogP contribution is -2.06. The van der Waals surface area contributed by atoms with Crippen molar-refractivity contribution in [1.29, 1.82) is 0 Å². The average Bonchev–Trinajstić information content (AvgIpc) is 2.85. The van der Waals surface area contributed by atoms with Gasteiger partial charge in [0.25, 0.3) is 0 Å². The molecule has 4 heteroatoms. The number of ether oxygens (including phenoxy) is 2. The number of rotatable bonds is 16. The van der Waals surface area contributed by atoms with Crippen molar-refractivity contribution in [3.05, 3.63) is 65.7 Å². The molecule has 0 aliphatic rings. The van der Waals surface area contributed by atoms with Crippen LogP contribution in [0.4, 0.5) is 5.69 Å². The molecule has 34 heavy (non-hydrogen) atoms. The van der Waals surface area contributed by atoms with Gasteiger partial charge in [0.15, 0.2) is 0 Å².